The zero-order valence-electron chi connectivity index (χ0n) is 14.2. The topological polar surface area (TPSA) is 96.9 Å². The fourth-order valence-corrected chi connectivity index (χ4v) is 3.71. The van der Waals surface area contributed by atoms with E-state index < -0.39 is 10.0 Å². The number of sulfonamides is 1. The molecule has 1 heterocycles. The van der Waals surface area contributed by atoms with Crippen LogP contribution in [-0.2, 0) is 14.8 Å². The molecule has 0 radical (unpaired) electrons. The van der Waals surface area contributed by atoms with Gasteiger partial charge in [0.2, 0.25) is 5.91 Å². The van der Waals surface area contributed by atoms with Gasteiger partial charge in [0.25, 0.3) is 10.0 Å². The minimum absolute atomic E-state index is 0.108. The van der Waals surface area contributed by atoms with Crippen molar-refractivity contribution in [2.75, 3.05) is 17.2 Å². The maximum atomic E-state index is 12.2. The summed E-state index contributed by atoms with van der Waals surface area (Å²) in [4.78, 5) is 12.2. The third-order valence-corrected chi connectivity index (χ3v) is 5.08. The Labute approximate surface area is 152 Å². The minimum Gasteiger partial charge on any atom is -0.494 e. The fourth-order valence-electron chi connectivity index (χ4n) is 2.53. The number of fused-ring (bicyclic) bond motifs is 1. The Morgan fingerprint density at radius 2 is 1.88 bits per heavy atom. The molecule has 136 valence electrons. The first-order chi connectivity index (χ1) is 12.5. The molecule has 0 unspecified atom stereocenters. The van der Waals surface area contributed by atoms with Gasteiger partial charge in [0, 0.05) is 18.5 Å². The molecular formula is C18H19N3O4S. The second kappa shape index (κ2) is 7.57. The van der Waals surface area contributed by atoms with Gasteiger partial charge in [-0.3, -0.25) is 4.79 Å². The van der Waals surface area contributed by atoms with Gasteiger partial charge in [-0.2, -0.15) is 8.42 Å². The molecule has 2 aromatic carbocycles. The van der Waals surface area contributed by atoms with Gasteiger partial charge in [-0.1, -0.05) is 12.1 Å². The molecule has 2 aromatic rings. The maximum absolute atomic E-state index is 12.2. The van der Waals surface area contributed by atoms with Gasteiger partial charge in [-0.25, -0.2) is 0 Å². The summed E-state index contributed by atoms with van der Waals surface area (Å²) >= 11 is 0. The molecule has 0 saturated carbocycles. The monoisotopic (exact) mass is 373 g/mol. The Balaban J connectivity index is 1.59. The van der Waals surface area contributed by atoms with E-state index in [-0.39, 0.29) is 29.5 Å². The van der Waals surface area contributed by atoms with Crippen LogP contribution in [0.2, 0.25) is 0 Å². The molecule has 2 N–H and O–H groups in total. The van der Waals surface area contributed by atoms with Crippen molar-refractivity contribution < 1.29 is 17.9 Å². The molecule has 26 heavy (non-hydrogen) atoms. The van der Waals surface area contributed by atoms with Gasteiger partial charge in [0.15, 0.2) is 0 Å². The van der Waals surface area contributed by atoms with Gasteiger partial charge < -0.3 is 15.4 Å². The molecular weight excluding hydrogens is 354 g/mol. The second-order valence-electron chi connectivity index (χ2n) is 5.64. The number of nitrogens with one attached hydrogen (secondary N) is 2. The number of carbonyl (C=O) groups is 1. The predicted octanol–water partition coefficient (Wildman–Crippen LogP) is 3.02. The lowest BCUT2D eigenvalue weighted by Crippen LogP contribution is -2.23. The summed E-state index contributed by atoms with van der Waals surface area (Å²) in [6, 6.07) is 13.6. The molecule has 0 fully saturated rings. The van der Waals surface area contributed by atoms with Crippen LogP contribution in [0.15, 0.2) is 57.8 Å². The van der Waals surface area contributed by atoms with E-state index in [1.165, 1.54) is 6.07 Å². The summed E-state index contributed by atoms with van der Waals surface area (Å²) in [7, 11) is -3.73. The van der Waals surface area contributed by atoms with Crippen molar-refractivity contribution in [2.45, 2.75) is 24.7 Å². The van der Waals surface area contributed by atoms with Crippen molar-refractivity contribution in [1.29, 1.82) is 0 Å². The number of hydrogen-bond donors (Lipinski definition) is 2. The molecule has 7 nitrogen and oxygen atoms in total. The van der Waals surface area contributed by atoms with Gasteiger partial charge in [-0.15, -0.1) is 4.40 Å². The SMILES string of the molecule is CCOc1ccc(NC(=O)CCC2=NS(=O)(=O)c3ccccc3N2)cc1. The van der Waals surface area contributed by atoms with E-state index in [2.05, 4.69) is 15.0 Å². The van der Waals surface area contributed by atoms with Crippen molar-refractivity contribution in [2.24, 2.45) is 4.40 Å². The largest absolute Gasteiger partial charge is 0.494 e. The number of carbonyl (C=O) groups excluding carboxylic acids is 1. The number of anilines is 2. The van der Waals surface area contributed by atoms with Crippen molar-refractivity contribution >= 4 is 33.1 Å². The van der Waals surface area contributed by atoms with Crippen molar-refractivity contribution in [3.8, 4) is 5.75 Å². The standard InChI is InChI=1S/C18H19N3O4S/c1-2-25-14-9-7-13(8-10-14)19-18(22)12-11-17-20-15-5-3-4-6-16(15)26(23,24)21-17/h3-10H,2,11-12H2,1H3,(H,19,22)(H,20,21). The summed E-state index contributed by atoms with van der Waals surface area (Å²) in [5.41, 5.74) is 1.12. The van der Waals surface area contributed by atoms with Crippen LogP contribution in [0.3, 0.4) is 0 Å². The van der Waals surface area contributed by atoms with E-state index in [4.69, 9.17) is 4.74 Å². The molecule has 0 aliphatic carbocycles. The number of amidine groups is 1. The highest BCUT2D eigenvalue weighted by molar-refractivity contribution is 7.90. The third kappa shape index (κ3) is 4.20. The normalized spacial score (nSPS) is 14.6. The number of nitrogens with zero attached hydrogens (tertiary/aromatic N) is 1. The van der Waals surface area contributed by atoms with Gasteiger partial charge in [0.1, 0.15) is 16.5 Å². The first-order valence-corrected chi connectivity index (χ1v) is 9.64. The van der Waals surface area contributed by atoms with Crippen LogP contribution in [-0.4, -0.2) is 26.8 Å². The number of ether oxygens (including phenoxy) is 1. The zero-order valence-corrected chi connectivity index (χ0v) is 15.0. The summed E-state index contributed by atoms with van der Waals surface area (Å²) < 4.78 is 33.4. The number of amides is 1. The number of rotatable bonds is 6. The van der Waals surface area contributed by atoms with Gasteiger partial charge in [-0.05, 0) is 43.3 Å². The van der Waals surface area contributed by atoms with E-state index in [1.807, 2.05) is 6.92 Å². The predicted molar refractivity (Wildman–Crippen MR) is 100 cm³/mol. The molecule has 0 bridgehead atoms. The van der Waals surface area contributed by atoms with Crippen molar-refractivity contribution in [3.05, 3.63) is 48.5 Å². The first-order valence-electron chi connectivity index (χ1n) is 8.20. The summed E-state index contributed by atoms with van der Waals surface area (Å²) in [6.07, 6.45) is 0.299. The summed E-state index contributed by atoms with van der Waals surface area (Å²) in [5, 5.41) is 5.73. The van der Waals surface area contributed by atoms with Crippen LogP contribution < -0.4 is 15.4 Å². The summed E-state index contributed by atoms with van der Waals surface area (Å²) in [6.45, 7) is 2.48. The molecule has 0 spiro atoms. The molecule has 0 atom stereocenters. The third-order valence-electron chi connectivity index (χ3n) is 3.71. The molecule has 0 aromatic heterocycles. The average Bonchev–Trinajstić information content (AvgIpc) is 2.61. The van der Waals surface area contributed by atoms with E-state index in [0.29, 0.717) is 18.0 Å². The van der Waals surface area contributed by atoms with Gasteiger partial charge in [0.05, 0.1) is 12.3 Å². The first kappa shape index (κ1) is 17.9. The Morgan fingerprint density at radius 3 is 2.62 bits per heavy atom. The number of benzene rings is 2. The van der Waals surface area contributed by atoms with Crippen molar-refractivity contribution in [1.82, 2.24) is 0 Å². The lowest BCUT2D eigenvalue weighted by atomic mass is 10.2. The van der Waals surface area contributed by atoms with Crippen LogP contribution in [0.4, 0.5) is 11.4 Å². The number of para-hydroxylation sites is 1. The smallest absolute Gasteiger partial charge is 0.286 e. The summed E-state index contributed by atoms with van der Waals surface area (Å²) in [5.74, 6) is 0.760. The fraction of sp³-hybridized carbons (Fsp3) is 0.222. The highest BCUT2D eigenvalue weighted by atomic mass is 32.2. The Morgan fingerprint density at radius 1 is 1.15 bits per heavy atom. The van der Waals surface area contributed by atoms with E-state index in [0.717, 1.165) is 5.75 Å². The minimum atomic E-state index is -3.73. The van der Waals surface area contributed by atoms with Crippen LogP contribution in [0.5, 0.6) is 5.75 Å². The molecule has 8 heteroatoms. The highest BCUT2D eigenvalue weighted by Crippen LogP contribution is 2.27. The van der Waals surface area contributed by atoms with Gasteiger partial charge >= 0.3 is 0 Å². The highest BCUT2D eigenvalue weighted by Gasteiger charge is 2.24. The second-order valence-corrected chi connectivity index (χ2v) is 7.21. The van der Waals surface area contributed by atoms with Crippen LogP contribution in [0.25, 0.3) is 0 Å². The van der Waals surface area contributed by atoms with E-state index in [9.17, 15) is 13.2 Å². The Hall–Kier alpha value is -2.87. The molecule has 3 rings (SSSR count). The Kier molecular flexibility index (Phi) is 5.22. The Bertz CT molecular complexity index is 937. The number of hydrogen-bond acceptors (Lipinski definition) is 5. The molecule has 1 amide bonds. The maximum Gasteiger partial charge on any atom is 0.286 e. The van der Waals surface area contributed by atoms with E-state index >= 15 is 0 Å². The lowest BCUT2D eigenvalue weighted by molar-refractivity contribution is -0.116. The average molecular weight is 373 g/mol. The van der Waals surface area contributed by atoms with Crippen LogP contribution in [0, 0.1) is 0 Å². The van der Waals surface area contributed by atoms with Crippen molar-refractivity contribution in [3.63, 3.8) is 0 Å². The molecule has 0 saturated heterocycles. The molecule has 1 aliphatic rings. The van der Waals surface area contributed by atoms with Crippen LogP contribution >= 0.6 is 0 Å². The zero-order chi connectivity index (χ0) is 18.6. The quantitative estimate of drug-likeness (QED) is 0.811. The van der Waals surface area contributed by atoms with E-state index in [1.54, 1.807) is 42.5 Å². The van der Waals surface area contributed by atoms with Crippen LogP contribution in [0.1, 0.15) is 19.8 Å². The molecule has 1 aliphatic heterocycles. The lowest BCUT2D eigenvalue weighted by Gasteiger charge is -2.17.